The predicted octanol–water partition coefficient (Wildman–Crippen LogP) is 2.65. The van der Waals surface area contributed by atoms with Crippen molar-refractivity contribution in [3.63, 3.8) is 0 Å². The molecule has 1 heterocycles. The lowest BCUT2D eigenvalue weighted by molar-refractivity contribution is 0.0945. The summed E-state index contributed by atoms with van der Waals surface area (Å²) in [6.07, 6.45) is 3.85. The normalized spacial score (nSPS) is 16.5. The van der Waals surface area contributed by atoms with Crippen molar-refractivity contribution in [3.05, 3.63) is 23.8 Å². The Labute approximate surface area is 150 Å². The fourth-order valence-corrected chi connectivity index (χ4v) is 4.39. The number of nitrogens with one attached hydrogen (secondary N) is 1. The van der Waals surface area contributed by atoms with Crippen molar-refractivity contribution in [2.45, 2.75) is 44.4 Å². The summed E-state index contributed by atoms with van der Waals surface area (Å²) in [5, 5.41) is 2.81. The first-order chi connectivity index (χ1) is 11.9. The Morgan fingerprint density at radius 1 is 1.20 bits per heavy atom. The van der Waals surface area contributed by atoms with Gasteiger partial charge in [-0.15, -0.1) is 0 Å². The largest absolute Gasteiger partial charge is 0.496 e. The third-order valence-electron chi connectivity index (χ3n) is 4.29. The lowest BCUT2D eigenvalue weighted by Gasteiger charge is -2.20. The number of methoxy groups -OCH3 is 1. The molecule has 0 saturated carbocycles. The van der Waals surface area contributed by atoms with Crippen LogP contribution in [0.15, 0.2) is 23.1 Å². The molecule has 0 radical (unpaired) electrons. The summed E-state index contributed by atoms with van der Waals surface area (Å²) in [4.78, 5) is 12.6. The molecule has 0 aromatic heterocycles. The highest BCUT2D eigenvalue weighted by atomic mass is 32.2. The Balaban J connectivity index is 2.32. The minimum Gasteiger partial charge on any atom is -0.496 e. The van der Waals surface area contributed by atoms with Crippen LogP contribution in [-0.2, 0) is 10.0 Å². The van der Waals surface area contributed by atoms with Gasteiger partial charge in [0.25, 0.3) is 5.91 Å². The van der Waals surface area contributed by atoms with Crippen molar-refractivity contribution in [1.29, 1.82) is 0 Å². The summed E-state index contributed by atoms with van der Waals surface area (Å²) in [6, 6.07) is 4.49. The lowest BCUT2D eigenvalue weighted by atomic mass is 10.1. The summed E-state index contributed by atoms with van der Waals surface area (Å²) < 4.78 is 32.6. The van der Waals surface area contributed by atoms with E-state index in [4.69, 9.17) is 4.74 Å². The zero-order valence-corrected chi connectivity index (χ0v) is 16.1. The Morgan fingerprint density at radius 3 is 2.40 bits per heavy atom. The van der Waals surface area contributed by atoms with Gasteiger partial charge in [0.05, 0.1) is 17.6 Å². The molecule has 0 aliphatic carbocycles. The van der Waals surface area contributed by atoms with Crippen LogP contribution in [0.25, 0.3) is 0 Å². The monoisotopic (exact) mass is 368 g/mol. The molecule has 1 aliphatic heterocycles. The van der Waals surface area contributed by atoms with Gasteiger partial charge >= 0.3 is 0 Å². The molecule has 0 atom stereocenters. The second-order valence-corrected chi connectivity index (χ2v) is 8.72. The Hall–Kier alpha value is -1.60. The summed E-state index contributed by atoms with van der Waals surface area (Å²) in [7, 11) is -2.13. The van der Waals surface area contributed by atoms with E-state index >= 15 is 0 Å². The molecule has 0 bridgehead atoms. The van der Waals surface area contributed by atoms with Crippen molar-refractivity contribution >= 4 is 15.9 Å². The van der Waals surface area contributed by atoms with E-state index in [1.807, 2.05) is 13.8 Å². The number of benzene rings is 1. The highest BCUT2D eigenvalue weighted by molar-refractivity contribution is 7.89. The standard InChI is InChI=1S/C18H28N2O4S/c1-14(2)13-19-18(21)16-12-15(8-9-17(16)24-3)25(22,23)20-10-6-4-5-7-11-20/h8-9,12,14H,4-7,10-11,13H2,1-3H3,(H,19,21). The first-order valence-electron chi connectivity index (χ1n) is 8.82. The van der Waals surface area contributed by atoms with Gasteiger partial charge in [-0.25, -0.2) is 8.42 Å². The van der Waals surface area contributed by atoms with Crippen LogP contribution in [0.3, 0.4) is 0 Å². The second-order valence-electron chi connectivity index (χ2n) is 6.78. The molecular weight excluding hydrogens is 340 g/mol. The maximum Gasteiger partial charge on any atom is 0.255 e. The van der Waals surface area contributed by atoms with Gasteiger partial charge in [0.15, 0.2) is 0 Å². The summed E-state index contributed by atoms with van der Waals surface area (Å²) in [6.45, 7) is 5.58. The van der Waals surface area contributed by atoms with Crippen LogP contribution in [0.5, 0.6) is 5.75 Å². The number of carbonyl (C=O) groups excluding carboxylic acids is 1. The topological polar surface area (TPSA) is 75.7 Å². The van der Waals surface area contributed by atoms with Gasteiger partial charge in [-0.05, 0) is 37.0 Å². The molecule has 0 spiro atoms. The molecule has 7 heteroatoms. The van der Waals surface area contributed by atoms with Gasteiger partial charge in [-0.2, -0.15) is 4.31 Å². The van der Waals surface area contributed by atoms with E-state index in [1.165, 1.54) is 23.5 Å². The molecule has 2 rings (SSSR count). The highest BCUT2D eigenvalue weighted by Gasteiger charge is 2.27. The molecule has 0 unspecified atom stereocenters. The van der Waals surface area contributed by atoms with E-state index in [0.29, 0.717) is 31.3 Å². The minimum absolute atomic E-state index is 0.143. The molecule has 6 nitrogen and oxygen atoms in total. The van der Waals surface area contributed by atoms with Crippen molar-refractivity contribution < 1.29 is 17.9 Å². The maximum atomic E-state index is 12.9. The fraction of sp³-hybridized carbons (Fsp3) is 0.611. The molecule has 1 aliphatic rings. The number of hydrogen-bond donors (Lipinski definition) is 1. The molecular formula is C18H28N2O4S. The van der Waals surface area contributed by atoms with E-state index in [0.717, 1.165) is 25.7 Å². The fourth-order valence-electron chi connectivity index (χ4n) is 2.85. The third-order valence-corrected chi connectivity index (χ3v) is 6.18. The van der Waals surface area contributed by atoms with Crippen LogP contribution < -0.4 is 10.1 Å². The number of ether oxygens (including phenoxy) is 1. The average molecular weight is 368 g/mol. The van der Waals surface area contributed by atoms with Crippen LogP contribution in [0.1, 0.15) is 49.9 Å². The van der Waals surface area contributed by atoms with Crippen molar-refractivity contribution in [2.24, 2.45) is 5.92 Å². The number of amides is 1. The van der Waals surface area contributed by atoms with Crippen molar-refractivity contribution in [3.8, 4) is 5.75 Å². The van der Waals surface area contributed by atoms with Crippen LogP contribution in [0.2, 0.25) is 0 Å². The predicted molar refractivity (Wildman–Crippen MR) is 97.4 cm³/mol. The number of nitrogens with zero attached hydrogens (tertiary/aromatic N) is 1. The van der Waals surface area contributed by atoms with Crippen LogP contribution in [0, 0.1) is 5.92 Å². The smallest absolute Gasteiger partial charge is 0.255 e. The van der Waals surface area contributed by atoms with Gasteiger partial charge in [-0.3, -0.25) is 4.79 Å². The maximum absolute atomic E-state index is 12.9. The first-order valence-corrected chi connectivity index (χ1v) is 10.3. The SMILES string of the molecule is COc1ccc(S(=O)(=O)N2CCCCCC2)cc1C(=O)NCC(C)C. The van der Waals surface area contributed by atoms with Gasteiger partial charge in [-0.1, -0.05) is 26.7 Å². The Morgan fingerprint density at radius 2 is 1.84 bits per heavy atom. The zero-order valence-electron chi connectivity index (χ0n) is 15.2. The van der Waals surface area contributed by atoms with E-state index < -0.39 is 10.0 Å². The molecule has 140 valence electrons. The quantitative estimate of drug-likeness (QED) is 0.837. The molecule has 25 heavy (non-hydrogen) atoms. The molecule has 1 amide bonds. The number of sulfonamides is 1. The molecule has 1 aromatic rings. The summed E-state index contributed by atoms with van der Waals surface area (Å²) in [5.41, 5.74) is 0.249. The van der Waals surface area contributed by atoms with E-state index in [2.05, 4.69) is 5.32 Å². The average Bonchev–Trinajstić information content (AvgIpc) is 2.88. The van der Waals surface area contributed by atoms with E-state index in [1.54, 1.807) is 6.07 Å². The van der Waals surface area contributed by atoms with E-state index in [9.17, 15) is 13.2 Å². The van der Waals surface area contributed by atoms with Crippen LogP contribution >= 0.6 is 0 Å². The van der Waals surface area contributed by atoms with Crippen LogP contribution in [-0.4, -0.2) is 45.4 Å². The van der Waals surface area contributed by atoms with Gasteiger partial charge in [0.1, 0.15) is 5.75 Å². The molecule has 1 saturated heterocycles. The second kappa shape index (κ2) is 8.67. The Bertz CT molecular complexity index is 693. The van der Waals surface area contributed by atoms with Crippen molar-refractivity contribution in [2.75, 3.05) is 26.7 Å². The third kappa shape index (κ3) is 4.95. The highest BCUT2D eigenvalue weighted by Crippen LogP contribution is 2.26. The Kier molecular flexibility index (Phi) is 6.84. The molecule has 1 N–H and O–H groups in total. The number of hydrogen-bond acceptors (Lipinski definition) is 4. The molecule has 1 fully saturated rings. The first kappa shape index (κ1) is 19.7. The van der Waals surface area contributed by atoms with Crippen molar-refractivity contribution in [1.82, 2.24) is 9.62 Å². The molecule has 1 aromatic carbocycles. The van der Waals surface area contributed by atoms with Gasteiger partial charge < -0.3 is 10.1 Å². The minimum atomic E-state index is -3.60. The zero-order chi connectivity index (χ0) is 18.4. The van der Waals surface area contributed by atoms with Gasteiger partial charge in [0.2, 0.25) is 10.0 Å². The van der Waals surface area contributed by atoms with Gasteiger partial charge in [0, 0.05) is 19.6 Å². The summed E-state index contributed by atoms with van der Waals surface area (Å²) in [5.74, 6) is 0.355. The number of rotatable bonds is 6. The number of carbonyl (C=O) groups is 1. The summed E-state index contributed by atoms with van der Waals surface area (Å²) >= 11 is 0. The van der Waals surface area contributed by atoms with E-state index in [-0.39, 0.29) is 16.4 Å². The van der Waals surface area contributed by atoms with Crippen LogP contribution in [0.4, 0.5) is 0 Å². The lowest BCUT2D eigenvalue weighted by Crippen LogP contribution is -2.32.